The SMILES string of the molecule is CC(c1nc2ccccc2c(=O)n1-c1ccc(F)cc1)N(Cc1ccccc1)C(=O)c1cccc(Br)c1. The monoisotopic (exact) mass is 555 g/mol. The molecule has 0 bridgehead atoms. The third kappa shape index (κ3) is 5.08. The zero-order chi connectivity index (χ0) is 25.9. The average Bonchev–Trinajstić information content (AvgIpc) is 2.92. The van der Waals surface area contributed by atoms with Crippen molar-refractivity contribution in [3.8, 4) is 5.69 Å². The molecule has 0 N–H and O–H groups in total. The van der Waals surface area contributed by atoms with E-state index in [9.17, 15) is 14.0 Å². The smallest absolute Gasteiger partial charge is 0.266 e. The van der Waals surface area contributed by atoms with Gasteiger partial charge < -0.3 is 4.90 Å². The number of hydrogen-bond acceptors (Lipinski definition) is 3. The molecule has 1 atom stereocenters. The van der Waals surface area contributed by atoms with E-state index in [1.165, 1.54) is 16.7 Å². The number of carbonyl (C=O) groups is 1. The minimum absolute atomic E-state index is 0.203. The van der Waals surface area contributed by atoms with Crippen LogP contribution in [-0.2, 0) is 6.54 Å². The van der Waals surface area contributed by atoms with Crippen LogP contribution in [0.2, 0.25) is 0 Å². The molecule has 5 aromatic rings. The van der Waals surface area contributed by atoms with Gasteiger partial charge in [0.15, 0.2) is 0 Å². The lowest BCUT2D eigenvalue weighted by Gasteiger charge is -2.31. The van der Waals surface area contributed by atoms with Crippen molar-refractivity contribution in [2.24, 2.45) is 0 Å². The topological polar surface area (TPSA) is 55.2 Å². The van der Waals surface area contributed by atoms with Gasteiger partial charge in [0.2, 0.25) is 0 Å². The van der Waals surface area contributed by atoms with Crippen molar-refractivity contribution in [3.63, 3.8) is 0 Å². The number of benzene rings is 4. The van der Waals surface area contributed by atoms with Crippen molar-refractivity contribution >= 4 is 32.7 Å². The molecular formula is C30H23BrFN3O2. The Morgan fingerprint density at radius 3 is 2.38 bits per heavy atom. The van der Waals surface area contributed by atoms with Gasteiger partial charge >= 0.3 is 0 Å². The predicted molar refractivity (Wildman–Crippen MR) is 146 cm³/mol. The Morgan fingerprint density at radius 1 is 0.946 bits per heavy atom. The van der Waals surface area contributed by atoms with Crippen LogP contribution in [-0.4, -0.2) is 20.4 Å². The van der Waals surface area contributed by atoms with Gasteiger partial charge in [0.1, 0.15) is 11.6 Å². The standard InChI is InChI=1S/C30H23BrFN3O2/c1-20(34(19-21-8-3-2-4-9-21)29(36)22-10-7-11-23(31)18-22)28-33-27-13-6-5-12-26(27)30(37)35(28)25-16-14-24(32)15-17-25/h2-18,20H,19H2,1H3. The summed E-state index contributed by atoms with van der Waals surface area (Å²) in [5.74, 6) is -0.226. The molecule has 184 valence electrons. The number of fused-ring (bicyclic) bond motifs is 1. The minimum Gasteiger partial charge on any atom is -0.324 e. The van der Waals surface area contributed by atoms with E-state index < -0.39 is 11.9 Å². The summed E-state index contributed by atoms with van der Waals surface area (Å²) in [4.78, 5) is 34.2. The molecule has 5 rings (SSSR count). The molecule has 37 heavy (non-hydrogen) atoms. The van der Waals surface area contributed by atoms with Crippen LogP contribution in [0, 0.1) is 5.82 Å². The van der Waals surface area contributed by atoms with Crippen molar-refractivity contribution in [1.29, 1.82) is 0 Å². The van der Waals surface area contributed by atoms with Crippen LogP contribution in [0.25, 0.3) is 16.6 Å². The predicted octanol–water partition coefficient (Wildman–Crippen LogP) is 6.69. The summed E-state index contributed by atoms with van der Waals surface area (Å²) >= 11 is 3.45. The van der Waals surface area contributed by atoms with Gasteiger partial charge in [-0.15, -0.1) is 0 Å². The molecule has 1 unspecified atom stereocenters. The first-order valence-corrected chi connectivity index (χ1v) is 12.6. The zero-order valence-corrected chi connectivity index (χ0v) is 21.6. The van der Waals surface area contributed by atoms with Crippen molar-refractivity contribution in [2.45, 2.75) is 19.5 Å². The second-order valence-electron chi connectivity index (χ2n) is 8.71. The van der Waals surface area contributed by atoms with Crippen LogP contribution in [0.3, 0.4) is 0 Å². The van der Waals surface area contributed by atoms with Gasteiger partial charge in [0.05, 0.1) is 22.6 Å². The highest BCUT2D eigenvalue weighted by atomic mass is 79.9. The maximum Gasteiger partial charge on any atom is 0.266 e. The number of rotatable bonds is 6. The van der Waals surface area contributed by atoms with Crippen molar-refractivity contribution < 1.29 is 9.18 Å². The van der Waals surface area contributed by atoms with Crippen LogP contribution in [0.4, 0.5) is 4.39 Å². The Hall–Kier alpha value is -4.10. The van der Waals surface area contributed by atoms with E-state index in [0.717, 1.165) is 10.0 Å². The van der Waals surface area contributed by atoms with Crippen LogP contribution < -0.4 is 5.56 Å². The molecule has 4 aromatic carbocycles. The number of carbonyl (C=O) groups excluding carboxylic acids is 1. The third-order valence-electron chi connectivity index (χ3n) is 6.26. The quantitative estimate of drug-likeness (QED) is 0.234. The maximum absolute atomic E-state index is 13.9. The van der Waals surface area contributed by atoms with Crippen molar-refractivity contribution in [1.82, 2.24) is 14.5 Å². The van der Waals surface area contributed by atoms with E-state index in [1.807, 2.05) is 55.5 Å². The normalized spacial score (nSPS) is 11.9. The molecule has 0 saturated heterocycles. The number of halogens is 2. The van der Waals surface area contributed by atoms with Gasteiger partial charge in [-0.3, -0.25) is 14.2 Å². The summed E-state index contributed by atoms with van der Waals surface area (Å²) in [6, 6.07) is 29.1. The maximum atomic E-state index is 13.9. The number of aromatic nitrogens is 2. The second kappa shape index (κ2) is 10.5. The van der Waals surface area contributed by atoms with Crippen LogP contribution in [0.15, 0.2) is 112 Å². The molecule has 0 radical (unpaired) electrons. The number of hydrogen-bond donors (Lipinski definition) is 0. The van der Waals surface area contributed by atoms with Crippen LogP contribution in [0.5, 0.6) is 0 Å². The van der Waals surface area contributed by atoms with Gasteiger partial charge in [0, 0.05) is 16.6 Å². The molecule has 0 saturated carbocycles. The van der Waals surface area contributed by atoms with Gasteiger partial charge in [-0.05, 0) is 67.1 Å². The first-order valence-electron chi connectivity index (χ1n) is 11.8. The van der Waals surface area contributed by atoms with Crippen molar-refractivity contribution in [3.05, 3.63) is 141 Å². The number of para-hydroxylation sites is 1. The Labute approximate surface area is 222 Å². The lowest BCUT2D eigenvalue weighted by Crippen LogP contribution is -2.37. The molecule has 0 aliphatic rings. The van der Waals surface area contributed by atoms with E-state index in [2.05, 4.69) is 15.9 Å². The molecule has 5 nitrogen and oxygen atoms in total. The van der Waals surface area contributed by atoms with Gasteiger partial charge in [0.25, 0.3) is 11.5 Å². The first kappa shape index (κ1) is 24.6. The highest BCUT2D eigenvalue weighted by Crippen LogP contribution is 2.27. The molecule has 1 heterocycles. The summed E-state index contributed by atoms with van der Waals surface area (Å²) in [5.41, 5.74) is 2.17. The average molecular weight is 556 g/mol. The molecule has 0 fully saturated rings. The van der Waals surface area contributed by atoms with Crippen molar-refractivity contribution in [2.75, 3.05) is 0 Å². The van der Waals surface area contributed by atoms with E-state index in [4.69, 9.17) is 4.98 Å². The Morgan fingerprint density at radius 2 is 1.65 bits per heavy atom. The highest BCUT2D eigenvalue weighted by Gasteiger charge is 2.28. The van der Waals surface area contributed by atoms with Gasteiger partial charge in [-0.2, -0.15) is 0 Å². The molecule has 0 aliphatic carbocycles. The van der Waals surface area contributed by atoms with Crippen LogP contribution in [0.1, 0.15) is 34.7 Å². The van der Waals surface area contributed by atoms with Gasteiger partial charge in [-0.1, -0.05) is 64.5 Å². The summed E-state index contributed by atoms with van der Waals surface area (Å²) in [7, 11) is 0. The summed E-state index contributed by atoms with van der Waals surface area (Å²) in [6.45, 7) is 2.16. The molecule has 0 spiro atoms. The van der Waals surface area contributed by atoms with Crippen LogP contribution >= 0.6 is 15.9 Å². The lowest BCUT2D eigenvalue weighted by molar-refractivity contribution is 0.0664. The summed E-state index contributed by atoms with van der Waals surface area (Å²) in [6.07, 6.45) is 0. The fourth-order valence-corrected chi connectivity index (χ4v) is 4.76. The van der Waals surface area contributed by atoms with E-state index in [0.29, 0.717) is 34.5 Å². The van der Waals surface area contributed by atoms with E-state index >= 15 is 0 Å². The first-order chi connectivity index (χ1) is 17.9. The highest BCUT2D eigenvalue weighted by molar-refractivity contribution is 9.10. The molecule has 1 amide bonds. The van der Waals surface area contributed by atoms with Gasteiger partial charge in [-0.25, -0.2) is 9.37 Å². The molecule has 0 aliphatic heterocycles. The Bertz CT molecular complexity index is 1640. The minimum atomic E-state index is -0.603. The number of nitrogens with zero attached hydrogens (tertiary/aromatic N) is 3. The summed E-state index contributed by atoms with van der Waals surface area (Å²) in [5, 5.41) is 0.440. The zero-order valence-electron chi connectivity index (χ0n) is 20.0. The van der Waals surface area contributed by atoms with E-state index in [-0.39, 0.29) is 11.5 Å². The molecular weight excluding hydrogens is 533 g/mol. The number of amides is 1. The summed E-state index contributed by atoms with van der Waals surface area (Å²) < 4.78 is 16.0. The molecule has 1 aromatic heterocycles. The largest absolute Gasteiger partial charge is 0.324 e. The molecule has 7 heteroatoms. The third-order valence-corrected chi connectivity index (χ3v) is 6.75. The fraction of sp³-hybridized carbons (Fsp3) is 0.100. The Kier molecular flexibility index (Phi) is 6.97. The Balaban J connectivity index is 1.70. The lowest BCUT2D eigenvalue weighted by atomic mass is 10.1. The second-order valence-corrected chi connectivity index (χ2v) is 9.62. The fourth-order valence-electron chi connectivity index (χ4n) is 4.36. The van der Waals surface area contributed by atoms with E-state index in [1.54, 1.807) is 47.4 Å².